The van der Waals surface area contributed by atoms with E-state index in [-0.39, 0.29) is 11.3 Å². The molecule has 1 saturated heterocycles. The van der Waals surface area contributed by atoms with Crippen molar-refractivity contribution in [3.8, 4) is 5.75 Å². The molecule has 21 nitrogen and oxygen atoms in total. The van der Waals surface area contributed by atoms with Crippen LogP contribution in [0.15, 0.2) is 36.6 Å². The Morgan fingerprint density at radius 2 is 1.20 bits per heavy atom. The van der Waals surface area contributed by atoms with Gasteiger partial charge in [-0.05, 0) is 37.3 Å². The van der Waals surface area contributed by atoms with Crippen LogP contribution in [-0.4, -0.2) is 128 Å². The Kier molecular flexibility index (Phi) is 15.9. The lowest BCUT2D eigenvalue weighted by Gasteiger charge is -2.47. The van der Waals surface area contributed by atoms with Crippen molar-refractivity contribution in [2.75, 3.05) is 19.8 Å². The van der Waals surface area contributed by atoms with Gasteiger partial charge in [-0.15, -0.1) is 0 Å². The molecule has 0 bridgehead atoms. The highest BCUT2D eigenvalue weighted by Gasteiger charge is 2.69. The van der Waals surface area contributed by atoms with Gasteiger partial charge >= 0.3 is 47.8 Å². The first-order chi connectivity index (χ1) is 28.2. The molecule has 0 amide bonds. The molecule has 21 heteroatoms. The SMILES string of the molecule is CC(=O)CO[C@@]1(COC(C)=O)[C@H]2[C@@H](O[C@@H]3O[C@H](COC(C)=O)[C@@H](OC(C)=O)[C@H](OC(C)=O)[C@H]3OC(C)=O)OC=C[C@H]2[C@H](OC(=O)c2ccc(OC(C)=O)cc2)[C@H]1OC(C)=O. The summed E-state index contributed by atoms with van der Waals surface area (Å²) in [5.74, 6) is -9.71. The zero-order valence-corrected chi connectivity index (χ0v) is 33.9. The maximum Gasteiger partial charge on any atom is 0.338 e. The smallest absolute Gasteiger partial charge is 0.338 e. The molecule has 0 N–H and O–H groups in total. The highest BCUT2D eigenvalue weighted by molar-refractivity contribution is 5.90. The first-order valence-electron chi connectivity index (χ1n) is 18.4. The second kappa shape index (κ2) is 20.4. The van der Waals surface area contributed by atoms with Crippen LogP contribution in [0, 0.1) is 11.8 Å². The number of carbonyl (C=O) groups is 9. The van der Waals surface area contributed by atoms with Gasteiger partial charge in [0.2, 0.25) is 12.6 Å². The summed E-state index contributed by atoms with van der Waals surface area (Å²) in [4.78, 5) is 112. The average molecular weight is 851 g/mol. The van der Waals surface area contributed by atoms with Gasteiger partial charge in [-0.2, -0.15) is 0 Å². The number of benzene rings is 1. The van der Waals surface area contributed by atoms with Gasteiger partial charge in [0.05, 0.1) is 17.7 Å². The Balaban J connectivity index is 1.87. The van der Waals surface area contributed by atoms with E-state index in [1.807, 2.05) is 0 Å². The maximum absolute atomic E-state index is 13.8. The Morgan fingerprint density at radius 1 is 0.617 bits per heavy atom. The van der Waals surface area contributed by atoms with Gasteiger partial charge in [-0.1, -0.05) is 0 Å². The minimum Gasteiger partial charge on any atom is -0.472 e. The molecule has 11 atom stereocenters. The molecular weight excluding hydrogens is 804 g/mol. The third-order valence-corrected chi connectivity index (χ3v) is 9.09. The van der Waals surface area contributed by atoms with Gasteiger partial charge in [-0.3, -0.25) is 38.4 Å². The highest BCUT2D eigenvalue weighted by Crippen LogP contribution is 2.52. The fraction of sp³-hybridized carbons (Fsp3) is 0.564. The van der Waals surface area contributed by atoms with E-state index in [2.05, 4.69) is 0 Å². The summed E-state index contributed by atoms with van der Waals surface area (Å²) in [5.41, 5.74) is -2.17. The first kappa shape index (κ1) is 46.8. The fourth-order valence-corrected chi connectivity index (χ4v) is 7.04. The van der Waals surface area contributed by atoms with Crippen molar-refractivity contribution in [3.05, 3.63) is 42.2 Å². The zero-order valence-electron chi connectivity index (χ0n) is 33.9. The number of carbonyl (C=O) groups excluding carboxylic acids is 9. The van der Waals surface area contributed by atoms with E-state index >= 15 is 0 Å². The van der Waals surface area contributed by atoms with Crippen molar-refractivity contribution in [2.24, 2.45) is 11.8 Å². The van der Waals surface area contributed by atoms with Gasteiger partial charge in [-0.25, -0.2) is 4.79 Å². The summed E-state index contributed by atoms with van der Waals surface area (Å²) in [6, 6.07) is 5.29. The van der Waals surface area contributed by atoms with Crippen LogP contribution in [0.2, 0.25) is 0 Å². The van der Waals surface area contributed by atoms with Crippen LogP contribution < -0.4 is 4.74 Å². The van der Waals surface area contributed by atoms with Crippen LogP contribution in [0.25, 0.3) is 0 Å². The van der Waals surface area contributed by atoms with Gasteiger partial charge in [0.25, 0.3) is 0 Å². The second-order valence-corrected chi connectivity index (χ2v) is 13.9. The Morgan fingerprint density at radius 3 is 1.75 bits per heavy atom. The van der Waals surface area contributed by atoms with Gasteiger partial charge in [0.15, 0.2) is 35.8 Å². The third kappa shape index (κ3) is 11.8. The van der Waals surface area contributed by atoms with E-state index < -0.39 is 140 Å². The first-order valence-corrected chi connectivity index (χ1v) is 18.4. The lowest BCUT2D eigenvalue weighted by molar-refractivity contribution is -0.351. The van der Waals surface area contributed by atoms with Gasteiger partial charge in [0, 0.05) is 54.4 Å². The molecule has 1 aromatic carbocycles. The van der Waals surface area contributed by atoms with E-state index in [0.29, 0.717) is 0 Å². The molecular formula is C39H46O21. The third-order valence-electron chi connectivity index (χ3n) is 9.09. The molecule has 0 radical (unpaired) electrons. The number of esters is 8. The molecule has 1 saturated carbocycles. The minimum absolute atomic E-state index is 0.0347. The van der Waals surface area contributed by atoms with Crippen molar-refractivity contribution in [2.45, 2.75) is 110 Å². The number of ketones is 1. The molecule has 328 valence electrons. The van der Waals surface area contributed by atoms with Crippen molar-refractivity contribution in [1.82, 2.24) is 0 Å². The molecule has 1 aliphatic carbocycles. The quantitative estimate of drug-likeness (QED) is 0.128. The normalized spacial score (nSPS) is 29.0. The topological polar surface area (TPSA) is 264 Å². The lowest BCUT2D eigenvalue weighted by atomic mass is 9.83. The fourth-order valence-electron chi connectivity index (χ4n) is 7.04. The lowest BCUT2D eigenvalue weighted by Crippen LogP contribution is -2.64. The van der Waals surface area contributed by atoms with E-state index in [4.69, 9.17) is 56.8 Å². The van der Waals surface area contributed by atoms with Gasteiger partial charge in [0.1, 0.15) is 37.8 Å². The summed E-state index contributed by atoms with van der Waals surface area (Å²) >= 11 is 0. The van der Waals surface area contributed by atoms with Crippen molar-refractivity contribution >= 4 is 53.5 Å². The number of hydrogen-bond donors (Lipinski definition) is 0. The summed E-state index contributed by atoms with van der Waals surface area (Å²) in [6.07, 6.45) is -10.5. The molecule has 4 rings (SSSR count). The predicted octanol–water partition coefficient (Wildman–Crippen LogP) is 1.19. The molecule has 2 heterocycles. The second-order valence-electron chi connectivity index (χ2n) is 13.9. The Bertz CT molecular complexity index is 1820. The minimum atomic E-state index is -2.13. The molecule has 3 aliphatic rings. The molecule has 60 heavy (non-hydrogen) atoms. The van der Waals surface area contributed by atoms with Crippen LogP contribution in [0.5, 0.6) is 5.75 Å². The maximum atomic E-state index is 13.8. The van der Waals surface area contributed by atoms with E-state index in [1.165, 1.54) is 44.2 Å². The summed E-state index contributed by atoms with van der Waals surface area (Å²) in [7, 11) is 0. The van der Waals surface area contributed by atoms with Crippen molar-refractivity contribution < 1.29 is 100.0 Å². The van der Waals surface area contributed by atoms with Crippen molar-refractivity contribution in [1.29, 1.82) is 0 Å². The summed E-state index contributed by atoms with van der Waals surface area (Å²) in [5, 5.41) is 0. The predicted molar refractivity (Wildman–Crippen MR) is 193 cm³/mol. The number of ether oxygens (including phenoxy) is 12. The number of fused-ring (bicyclic) bond motifs is 1. The monoisotopic (exact) mass is 850 g/mol. The Hall–Kier alpha value is -5.93. The standard InChI is InChI=1S/C39H46O21/c1-18(40)15-52-39(17-51-20(3)42)30-28(31(35(39)57-25(8)47)59-36(48)26-9-11-27(12-10-26)53-21(4)43)13-14-49-37(30)60-38-34(56-24(7)46)33(55-23(6)45)32(54-22(5)44)29(58-38)16-50-19(2)41/h9-14,28-35,37-38H,15-17H2,1-8H3/t28-,29-,30-,31+,32-,33+,34-,35-,37-,38+,39+/m1/s1. The molecule has 2 aliphatic heterocycles. The molecule has 0 unspecified atom stereocenters. The molecule has 0 spiro atoms. The van der Waals surface area contributed by atoms with E-state index in [9.17, 15) is 43.2 Å². The van der Waals surface area contributed by atoms with Crippen LogP contribution in [0.3, 0.4) is 0 Å². The van der Waals surface area contributed by atoms with Crippen LogP contribution >= 0.6 is 0 Å². The zero-order chi connectivity index (χ0) is 44.5. The Labute approximate surface area is 343 Å². The average Bonchev–Trinajstić information content (AvgIpc) is 3.39. The number of hydrogen-bond acceptors (Lipinski definition) is 21. The molecule has 1 aromatic rings. The molecule has 0 aromatic heterocycles. The van der Waals surface area contributed by atoms with Crippen molar-refractivity contribution in [3.63, 3.8) is 0 Å². The summed E-state index contributed by atoms with van der Waals surface area (Å²) < 4.78 is 68.7. The van der Waals surface area contributed by atoms with Crippen LogP contribution in [0.1, 0.15) is 65.7 Å². The van der Waals surface area contributed by atoms with Crippen LogP contribution in [0.4, 0.5) is 0 Å². The number of Topliss-reactive ketones (excluding diaryl/α,β-unsaturated/α-hetero) is 1. The van der Waals surface area contributed by atoms with Gasteiger partial charge < -0.3 is 56.8 Å². The summed E-state index contributed by atoms with van der Waals surface area (Å²) in [6.45, 7) is 6.67. The van der Waals surface area contributed by atoms with E-state index in [0.717, 1.165) is 47.8 Å². The van der Waals surface area contributed by atoms with E-state index in [1.54, 1.807) is 0 Å². The molecule has 2 fully saturated rings. The number of rotatable bonds is 16. The van der Waals surface area contributed by atoms with Crippen LogP contribution in [-0.2, 0) is 90.5 Å². The largest absolute Gasteiger partial charge is 0.472 e. The highest BCUT2D eigenvalue weighted by atomic mass is 16.8.